The zero-order chi connectivity index (χ0) is 11.8. The Morgan fingerprint density at radius 1 is 1.44 bits per heavy atom. The van der Waals surface area contributed by atoms with Gasteiger partial charge in [0.05, 0.1) is 19.2 Å². The third-order valence-electron chi connectivity index (χ3n) is 2.94. The highest BCUT2D eigenvalue weighted by Gasteiger charge is 2.22. The third kappa shape index (κ3) is 4.65. The van der Waals surface area contributed by atoms with Crippen LogP contribution < -0.4 is 10.6 Å². The molecule has 0 heterocycles. The molecule has 1 fully saturated rings. The van der Waals surface area contributed by atoms with Crippen molar-refractivity contribution < 1.29 is 9.90 Å². The number of carbonyl (C=O) groups excluding carboxylic acids is 1. The molecule has 0 spiro atoms. The largest absolute Gasteiger partial charge is 0.393 e. The summed E-state index contributed by atoms with van der Waals surface area (Å²) in [5, 5.41) is 15.3. The molecule has 4 heteroatoms. The summed E-state index contributed by atoms with van der Waals surface area (Å²) in [4.78, 5) is 11.3. The molecule has 0 aromatic carbocycles. The van der Waals surface area contributed by atoms with Gasteiger partial charge in [-0.3, -0.25) is 10.1 Å². The average molecular weight is 224 g/mol. The van der Waals surface area contributed by atoms with E-state index in [9.17, 15) is 9.90 Å². The second-order valence-electron chi connectivity index (χ2n) is 4.22. The van der Waals surface area contributed by atoms with Gasteiger partial charge >= 0.3 is 0 Å². The maximum Gasteiger partial charge on any atom is 0.233 e. The topological polar surface area (TPSA) is 61.4 Å². The molecule has 0 aromatic rings. The molecule has 2 atom stereocenters. The van der Waals surface area contributed by atoms with Crippen LogP contribution >= 0.6 is 0 Å². The van der Waals surface area contributed by atoms with E-state index < -0.39 is 0 Å². The Labute approximate surface area is 96.8 Å². The van der Waals surface area contributed by atoms with Crippen LogP contribution in [0.2, 0.25) is 0 Å². The Hall–Kier alpha value is -1.05. The van der Waals surface area contributed by atoms with Crippen LogP contribution in [0.1, 0.15) is 25.7 Å². The number of amides is 1. The average Bonchev–Trinajstić information content (AvgIpc) is 2.28. The molecule has 0 aliphatic heterocycles. The molecule has 0 saturated heterocycles. The minimum absolute atomic E-state index is 0.0620. The Kier molecular flexibility index (Phi) is 5.91. The lowest BCUT2D eigenvalue weighted by molar-refractivity contribution is -0.120. The molecule has 90 valence electrons. The predicted molar refractivity (Wildman–Crippen MR) is 62.7 cm³/mol. The number of nitrogens with one attached hydrogen (secondary N) is 2. The standard InChI is InChI=1S/C12H20N2O2/c1-2-7-13-9-12(16)14-8-10-5-3-4-6-11(10)15/h1,10-11,13,15H,3-9H2,(H,14,16). The normalized spacial score (nSPS) is 24.8. The van der Waals surface area contributed by atoms with E-state index in [1.807, 2.05) is 0 Å². The van der Waals surface area contributed by atoms with Gasteiger partial charge in [-0.25, -0.2) is 0 Å². The van der Waals surface area contributed by atoms with E-state index in [-0.39, 0.29) is 24.5 Å². The molecule has 4 nitrogen and oxygen atoms in total. The highest BCUT2D eigenvalue weighted by Crippen LogP contribution is 2.23. The van der Waals surface area contributed by atoms with Crippen molar-refractivity contribution in [3.63, 3.8) is 0 Å². The highest BCUT2D eigenvalue weighted by molar-refractivity contribution is 5.77. The van der Waals surface area contributed by atoms with Crippen molar-refractivity contribution in [3.05, 3.63) is 0 Å². The number of carbonyl (C=O) groups is 1. The smallest absolute Gasteiger partial charge is 0.233 e. The Morgan fingerprint density at radius 2 is 2.19 bits per heavy atom. The van der Waals surface area contributed by atoms with Crippen LogP contribution in [0.3, 0.4) is 0 Å². The lowest BCUT2D eigenvalue weighted by Crippen LogP contribution is -2.40. The first-order chi connectivity index (χ1) is 7.74. The molecule has 3 N–H and O–H groups in total. The number of aliphatic hydroxyl groups excluding tert-OH is 1. The maximum atomic E-state index is 11.3. The van der Waals surface area contributed by atoms with E-state index in [4.69, 9.17) is 6.42 Å². The minimum atomic E-state index is -0.257. The molecule has 1 saturated carbocycles. The minimum Gasteiger partial charge on any atom is -0.393 e. The van der Waals surface area contributed by atoms with Gasteiger partial charge in [-0.2, -0.15) is 0 Å². The van der Waals surface area contributed by atoms with Gasteiger partial charge in [-0.15, -0.1) is 6.42 Å². The summed E-state index contributed by atoms with van der Waals surface area (Å²) in [5.41, 5.74) is 0. The Morgan fingerprint density at radius 3 is 2.88 bits per heavy atom. The second kappa shape index (κ2) is 7.26. The summed E-state index contributed by atoms with van der Waals surface area (Å²) >= 11 is 0. The fourth-order valence-corrected chi connectivity index (χ4v) is 1.98. The van der Waals surface area contributed by atoms with Gasteiger partial charge in [0.1, 0.15) is 0 Å². The fraction of sp³-hybridized carbons (Fsp3) is 0.750. The van der Waals surface area contributed by atoms with Crippen LogP contribution in [0.5, 0.6) is 0 Å². The molecule has 2 unspecified atom stereocenters. The number of hydrogen-bond acceptors (Lipinski definition) is 3. The van der Waals surface area contributed by atoms with Crippen molar-refractivity contribution in [2.45, 2.75) is 31.8 Å². The van der Waals surface area contributed by atoms with Crippen molar-refractivity contribution in [1.82, 2.24) is 10.6 Å². The molecule has 1 rings (SSSR count). The van der Waals surface area contributed by atoms with Crippen LogP contribution in [0.4, 0.5) is 0 Å². The number of aliphatic hydroxyl groups is 1. The monoisotopic (exact) mass is 224 g/mol. The summed E-state index contributed by atoms with van der Waals surface area (Å²) in [7, 11) is 0. The quantitative estimate of drug-likeness (QED) is 0.450. The van der Waals surface area contributed by atoms with E-state index in [0.29, 0.717) is 13.1 Å². The molecule has 1 aliphatic carbocycles. The van der Waals surface area contributed by atoms with Crippen molar-refractivity contribution in [1.29, 1.82) is 0 Å². The predicted octanol–water partition coefficient (Wildman–Crippen LogP) is -0.123. The molecular weight excluding hydrogens is 204 g/mol. The van der Waals surface area contributed by atoms with Crippen LogP contribution in [0.25, 0.3) is 0 Å². The van der Waals surface area contributed by atoms with Crippen LogP contribution in [0.15, 0.2) is 0 Å². The van der Waals surface area contributed by atoms with E-state index in [2.05, 4.69) is 16.6 Å². The van der Waals surface area contributed by atoms with Gasteiger partial charge in [0.25, 0.3) is 0 Å². The van der Waals surface area contributed by atoms with Gasteiger partial charge in [-0.05, 0) is 12.8 Å². The number of hydrogen-bond donors (Lipinski definition) is 3. The molecular formula is C12H20N2O2. The van der Waals surface area contributed by atoms with Gasteiger partial charge in [0, 0.05) is 12.5 Å². The summed E-state index contributed by atoms with van der Waals surface area (Å²) < 4.78 is 0. The van der Waals surface area contributed by atoms with Gasteiger partial charge in [0.2, 0.25) is 5.91 Å². The summed E-state index contributed by atoms with van der Waals surface area (Å²) in [6.07, 6.45) is 8.88. The van der Waals surface area contributed by atoms with Crippen LogP contribution in [-0.2, 0) is 4.79 Å². The zero-order valence-electron chi connectivity index (χ0n) is 9.54. The first kappa shape index (κ1) is 13.0. The third-order valence-corrected chi connectivity index (χ3v) is 2.94. The van der Waals surface area contributed by atoms with E-state index >= 15 is 0 Å². The Balaban J connectivity index is 2.13. The highest BCUT2D eigenvalue weighted by atomic mass is 16.3. The number of rotatable bonds is 5. The lowest BCUT2D eigenvalue weighted by Gasteiger charge is -2.27. The molecule has 1 aliphatic rings. The van der Waals surface area contributed by atoms with Gasteiger partial charge in [0.15, 0.2) is 0 Å². The van der Waals surface area contributed by atoms with Crippen molar-refractivity contribution >= 4 is 5.91 Å². The molecule has 1 amide bonds. The fourth-order valence-electron chi connectivity index (χ4n) is 1.98. The summed E-state index contributed by atoms with van der Waals surface area (Å²) in [6.45, 7) is 1.21. The first-order valence-electron chi connectivity index (χ1n) is 5.83. The van der Waals surface area contributed by atoms with E-state index in [1.54, 1.807) is 0 Å². The van der Waals surface area contributed by atoms with Crippen molar-refractivity contribution in [2.75, 3.05) is 19.6 Å². The van der Waals surface area contributed by atoms with Gasteiger partial charge in [-0.1, -0.05) is 18.8 Å². The molecule has 0 radical (unpaired) electrons. The van der Waals surface area contributed by atoms with E-state index in [1.165, 1.54) is 0 Å². The zero-order valence-corrected chi connectivity index (χ0v) is 9.54. The molecule has 0 aromatic heterocycles. The summed E-state index contributed by atoms with van der Waals surface area (Å²) in [5.74, 6) is 2.56. The lowest BCUT2D eigenvalue weighted by atomic mass is 9.86. The first-order valence-corrected chi connectivity index (χ1v) is 5.83. The van der Waals surface area contributed by atoms with Crippen molar-refractivity contribution in [3.8, 4) is 12.3 Å². The molecule has 0 bridgehead atoms. The second-order valence-corrected chi connectivity index (χ2v) is 4.22. The maximum absolute atomic E-state index is 11.3. The van der Waals surface area contributed by atoms with Crippen LogP contribution in [-0.4, -0.2) is 36.8 Å². The van der Waals surface area contributed by atoms with Crippen molar-refractivity contribution in [2.24, 2.45) is 5.92 Å². The summed E-state index contributed by atoms with van der Waals surface area (Å²) in [6, 6.07) is 0. The van der Waals surface area contributed by atoms with Crippen LogP contribution in [0, 0.1) is 18.3 Å². The number of terminal acetylenes is 1. The van der Waals surface area contributed by atoms with E-state index in [0.717, 1.165) is 25.7 Å². The Bertz CT molecular complexity index is 260. The molecule has 16 heavy (non-hydrogen) atoms. The SMILES string of the molecule is C#CCNCC(=O)NCC1CCCCC1O. The van der Waals surface area contributed by atoms with Gasteiger partial charge < -0.3 is 10.4 Å².